The van der Waals surface area contributed by atoms with Crippen LogP contribution in [0.5, 0.6) is 0 Å². The molecular formula is C17H15N3O2. The number of rotatable bonds is 3. The molecule has 0 saturated heterocycles. The standard InChI is InChI=1S/C17H15N3O2/c1-11-2-4-12(5-3-11)16-10-15(17(21)22)19-20(16)14-8-6-13(18)7-9-14/h2-10H,18H2,1H3,(H,21,22). The fraction of sp³-hybridized carbons (Fsp3) is 0.0588. The largest absolute Gasteiger partial charge is 0.476 e. The number of nitrogen functional groups attached to an aromatic ring is 1. The Bertz CT molecular complexity index is 755. The van der Waals surface area contributed by atoms with Crippen LogP contribution < -0.4 is 5.73 Å². The summed E-state index contributed by atoms with van der Waals surface area (Å²) in [5.41, 5.74) is 9.88. The van der Waals surface area contributed by atoms with Crippen molar-refractivity contribution in [2.45, 2.75) is 6.92 Å². The second kappa shape index (κ2) is 5.37. The number of carboxylic acids is 1. The zero-order valence-electron chi connectivity index (χ0n) is 12.0. The van der Waals surface area contributed by atoms with E-state index in [1.165, 1.54) is 0 Å². The van der Waals surface area contributed by atoms with Gasteiger partial charge in [-0.15, -0.1) is 0 Å². The molecule has 2 aromatic carbocycles. The molecule has 0 unspecified atom stereocenters. The maximum Gasteiger partial charge on any atom is 0.356 e. The first-order valence-electron chi connectivity index (χ1n) is 6.81. The topological polar surface area (TPSA) is 81.1 Å². The minimum absolute atomic E-state index is 0.00685. The highest BCUT2D eigenvalue weighted by Gasteiger charge is 2.15. The number of anilines is 1. The maximum atomic E-state index is 11.2. The van der Waals surface area contributed by atoms with Crippen LogP contribution in [0.15, 0.2) is 54.6 Å². The van der Waals surface area contributed by atoms with Crippen molar-refractivity contribution in [1.82, 2.24) is 9.78 Å². The number of aromatic carboxylic acids is 1. The number of hydrogen-bond acceptors (Lipinski definition) is 3. The molecule has 0 aliphatic rings. The molecule has 3 N–H and O–H groups in total. The third-order valence-corrected chi connectivity index (χ3v) is 3.41. The third kappa shape index (κ3) is 2.56. The zero-order chi connectivity index (χ0) is 15.7. The zero-order valence-corrected chi connectivity index (χ0v) is 12.0. The van der Waals surface area contributed by atoms with Crippen molar-refractivity contribution in [2.24, 2.45) is 0 Å². The van der Waals surface area contributed by atoms with E-state index < -0.39 is 5.97 Å². The van der Waals surface area contributed by atoms with E-state index in [1.807, 2.05) is 43.3 Å². The summed E-state index contributed by atoms with van der Waals surface area (Å²) in [4.78, 5) is 11.2. The lowest BCUT2D eigenvalue weighted by Gasteiger charge is -2.08. The van der Waals surface area contributed by atoms with E-state index in [9.17, 15) is 9.90 Å². The van der Waals surface area contributed by atoms with Gasteiger partial charge in [-0.2, -0.15) is 5.10 Å². The average Bonchev–Trinajstić information content (AvgIpc) is 2.94. The van der Waals surface area contributed by atoms with E-state index in [0.29, 0.717) is 5.69 Å². The number of hydrogen-bond donors (Lipinski definition) is 2. The molecule has 0 radical (unpaired) electrons. The molecule has 0 aliphatic carbocycles. The van der Waals surface area contributed by atoms with Crippen LogP contribution in [-0.2, 0) is 0 Å². The molecule has 22 heavy (non-hydrogen) atoms. The van der Waals surface area contributed by atoms with Gasteiger partial charge in [-0.3, -0.25) is 0 Å². The predicted octanol–water partition coefficient (Wildman–Crippen LogP) is 3.13. The van der Waals surface area contributed by atoms with Crippen molar-refractivity contribution in [3.63, 3.8) is 0 Å². The molecule has 0 fully saturated rings. The van der Waals surface area contributed by atoms with Gasteiger partial charge in [0, 0.05) is 11.3 Å². The van der Waals surface area contributed by atoms with Gasteiger partial charge in [0.15, 0.2) is 5.69 Å². The van der Waals surface area contributed by atoms with Crippen molar-refractivity contribution < 1.29 is 9.90 Å². The van der Waals surface area contributed by atoms with E-state index in [4.69, 9.17) is 5.73 Å². The average molecular weight is 293 g/mol. The van der Waals surface area contributed by atoms with Gasteiger partial charge in [-0.25, -0.2) is 9.48 Å². The number of benzene rings is 2. The fourth-order valence-corrected chi connectivity index (χ4v) is 2.23. The number of carbonyl (C=O) groups is 1. The molecule has 0 aliphatic heterocycles. The Morgan fingerprint density at radius 1 is 1.09 bits per heavy atom. The van der Waals surface area contributed by atoms with Crippen molar-refractivity contribution in [3.8, 4) is 16.9 Å². The highest BCUT2D eigenvalue weighted by Crippen LogP contribution is 2.25. The summed E-state index contributed by atoms with van der Waals surface area (Å²) in [5, 5.41) is 13.4. The van der Waals surface area contributed by atoms with E-state index in [2.05, 4.69) is 5.10 Å². The number of carboxylic acid groups (broad SMARTS) is 1. The molecular weight excluding hydrogens is 278 g/mol. The Morgan fingerprint density at radius 3 is 2.32 bits per heavy atom. The quantitative estimate of drug-likeness (QED) is 0.727. The number of aryl methyl sites for hydroxylation is 1. The smallest absolute Gasteiger partial charge is 0.356 e. The summed E-state index contributed by atoms with van der Waals surface area (Å²) in [6.07, 6.45) is 0. The molecule has 0 saturated carbocycles. The second-order valence-electron chi connectivity index (χ2n) is 5.09. The van der Waals surface area contributed by atoms with Crippen LogP contribution in [0.25, 0.3) is 16.9 Å². The summed E-state index contributed by atoms with van der Waals surface area (Å²) in [5.74, 6) is -1.05. The van der Waals surface area contributed by atoms with Gasteiger partial charge < -0.3 is 10.8 Å². The van der Waals surface area contributed by atoms with Gasteiger partial charge >= 0.3 is 5.97 Å². The molecule has 0 amide bonds. The molecule has 0 bridgehead atoms. The van der Waals surface area contributed by atoms with Gasteiger partial charge in [0.1, 0.15) is 0 Å². The van der Waals surface area contributed by atoms with Crippen molar-refractivity contribution in [1.29, 1.82) is 0 Å². The first kappa shape index (κ1) is 13.9. The van der Waals surface area contributed by atoms with Gasteiger partial charge in [0.2, 0.25) is 0 Å². The highest BCUT2D eigenvalue weighted by atomic mass is 16.4. The lowest BCUT2D eigenvalue weighted by molar-refractivity contribution is 0.0690. The Balaban J connectivity index is 2.17. The number of nitrogens with two attached hydrogens (primary N) is 1. The molecule has 1 aromatic heterocycles. The minimum atomic E-state index is -1.05. The maximum absolute atomic E-state index is 11.2. The Hall–Kier alpha value is -3.08. The lowest BCUT2D eigenvalue weighted by atomic mass is 10.1. The van der Waals surface area contributed by atoms with Gasteiger partial charge in [0.05, 0.1) is 11.4 Å². The van der Waals surface area contributed by atoms with Crippen LogP contribution in [0.4, 0.5) is 5.69 Å². The van der Waals surface area contributed by atoms with E-state index in [1.54, 1.807) is 22.9 Å². The van der Waals surface area contributed by atoms with E-state index >= 15 is 0 Å². The predicted molar refractivity (Wildman–Crippen MR) is 85.1 cm³/mol. The molecule has 0 atom stereocenters. The minimum Gasteiger partial charge on any atom is -0.476 e. The SMILES string of the molecule is Cc1ccc(-c2cc(C(=O)O)nn2-c2ccc(N)cc2)cc1. The number of aromatic nitrogens is 2. The Kier molecular flexibility index (Phi) is 3.39. The van der Waals surface area contributed by atoms with Crippen molar-refractivity contribution in [2.75, 3.05) is 5.73 Å². The van der Waals surface area contributed by atoms with Gasteiger partial charge in [0.25, 0.3) is 0 Å². The molecule has 3 rings (SSSR count). The van der Waals surface area contributed by atoms with Gasteiger partial charge in [-0.05, 0) is 37.3 Å². The van der Waals surface area contributed by atoms with Crippen LogP contribution in [0.2, 0.25) is 0 Å². The Morgan fingerprint density at radius 2 is 1.73 bits per heavy atom. The summed E-state index contributed by atoms with van der Waals surface area (Å²) in [7, 11) is 0. The van der Waals surface area contributed by atoms with Crippen molar-refractivity contribution >= 4 is 11.7 Å². The van der Waals surface area contributed by atoms with Crippen molar-refractivity contribution in [3.05, 3.63) is 65.9 Å². The fourth-order valence-electron chi connectivity index (χ4n) is 2.23. The summed E-state index contributed by atoms with van der Waals surface area (Å²) in [6.45, 7) is 2.00. The number of nitrogens with zero attached hydrogens (tertiary/aromatic N) is 2. The van der Waals surface area contributed by atoms with E-state index in [0.717, 1.165) is 22.5 Å². The third-order valence-electron chi connectivity index (χ3n) is 3.41. The molecule has 0 spiro atoms. The summed E-state index contributed by atoms with van der Waals surface area (Å²) < 4.78 is 1.62. The lowest BCUT2D eigenvalue weighted by Crippen LogP contribution is -2.02. The monoisotopic (exact) mass is 293 g/mol. The first-order chi connectivity index (χ1) is 10.5. The van der Waals surface area contributed by atoms with Crippen LogP contribution in [-0.4, -0.2) is 20.9 Å². The molecule has 5 nitrogen and oxygen atoms in total. The molecule has 1 heterocycles. The van der Waals surface area contributed by atoms with Crippen LogP contribution in [0, 0.1) is 6.92 Å². The molecule has 5 heteroatoms. The summed E-state index contributed by atoms with van der Waals surface area (Å²) in [6, 6.07) is 16.6. The van der Waals surface area contributed by atoms with Crippen LogP contribution >= 0.6 is 0 Å². The van der Waals surface area contributed by atoms with Gasteiger partial charge in [-0.1, -0.05) is 29.8 Å². The normalized spacial score (nSPS) is 10.6. The molecule has 3 aromatic rings. The Labute approximate surface area is 127 Å². The first-order valence-corrected chi connectivity index (χ1v) is 6.81. The summed E-state index contributed by atoms with van der Waals surface area (Å²) >= 11 is 0. The molecule has 110 valence electrons. The van der Waals surface area contributed by atoms with Crippen LogP contribution in [0.1, 0.15) is 16.1 Å². The van der Waals surface area contributed by atoms with E-state index in [-0.39, 0.29) is 5.69 Å². The highest BCUT2D eigenvalue weighted by molar-refractivity contribution is 5.87. The second-order valence-corrected chi connectivity index (χ2v) is 5.09. The van der Waals surface area contributed by atoms with Crippen LogP contribution in [0.3, 0.4) is 0 Å².